The highest BCUT2D eigenvalue weighted by Crippen LogP contribution is 2.33. The minimum atomic E-state index is -0.473. The van der Waals surface area contributed by atoms with Gasteiger partial charge in [-0.1, -0.05) is 29.5 Å². The summed E-state index contributed by atoms with van der Waals surface area (Å²) in [5, 5.41) is 18.0. The van der Waals surface area contributed by atoms with Gasteiger partial charge in [0.1, 0.15) is 6.54 Å². The molecule has 2 aromatic carbocycles. The molecule has 27 heavy (non-hydrogen) atoms. The molecule has 1 N–H and O–H groups in total. The molecule has 7 nitrogen and oxygen atoms in total. The fraction of sp³-hybridized carbons (Fsp3) is 0.111. The maximum atomic E-state index is 12.2. The highest BCUT2D eigenvalue weighted by atomic mass is 79.9. The first-order valence-corrected chi connectivity index (χ1v) is 9.52. The van der Waals surface area contributed by atoms with E-state index in [-0.39, 0.29) is 18.1 Å². The Morgan fingerprint density at radius 2 is 2.00 bits per heavy atom. The summed E-state index contributed by atoms with van der Waals surface area (Å²) in [5.74, 6) is -0.322. The first kappa shape index (κ1) is 19.1. The Labute approximate surface area is 168 Å². The molecule has 138 valence electrons. The van der Waals surface area contributed by atoms with Crippen molar-refractivity contribution in [3.05, 3.63) is 75.0 Å². The zero-order valence-corrected chi connectivity index (χ0v) is 16.7. The number of anilines is 1. The molecule has 0 bridgehead atoms. The third-order valence-corrected chi connectivity index (χ3v) is 4.94. The monoisotopic (exact) mass is 446 g/mol. The number of hydrogen-bond donors (Lipinski definition) is 1. The minimum absolute atomic E-state index is 0.00866. The quantitative estimate of drug-likeness (QED) is 0.439. The van der Waals surface area contributed by atoms with Gasteiger partial charge in [0, 0.05) is 33.8 Å². The van der Waals surface area contributed by atoms with Gasteiger partial charge in [-0.25, -0.2) is 0 Å². The number of nitrogens with one attached hydrogen (secondary N) is 1. The van der Waals surface area contributed by atoms with Gasteiger partial charge in [0.2, 0.25) is 5.91 Å². The SMILES string of the molecule is Cc1ccc(Sc2cc(NC(=O)Cn3cc(Br)cn3)cc([N+](=O)[O-])c2)cc1. The average Bonchev–Trinajstić information content (AvgIpc) is 3.01. The van der Waals surface area contributed by atoms with Crippen LogP contribution in [0.5, 0.6) is 0 Å². The second kappa shape index (κ2) is 8.36. The number of halogens is 1. The Morgan fingerprint density at radius 3 is 2.63 bits per heavy atom. The lowest BCUT2D eigenvalue weighted by atomic mass is 10.2. The van der Waals surface area contributed by atoms with E-state index in [2.05, 4.69) is 26.3 Å². The predicted molar refractivity (Wildman–Crippen MR) is 107 cm³/mol. The van der Waals surface area contributed by atoms with Gasteiger partial charge >= 0.3 is 0 Å². The Bertz CT molecular complexity index is 989. The van der Waals surface area contributed by atoms with Gasteiger partial charge in [-0.3, -0.25) is 19.6 Å². The van der Waals surface area contributed by atoms with Gasteiger partial charge in [0.05, 0.1) is 15.6 Å². The molecule has 9 heteroatoms. The van der Waals surface area contributed by atoms with Crippen molar-refractivity contribution in [3.63, 3.8) is 0 Å². The molecule has 0 aliphatic carbocycles. The van der Waals surface area contributed by atoms with Crippen LogP contribution in [0, 0.1) is 17.0 Å². The van der Waals surface area contributed by atoms with Crippen molar-refractivity contribution in [1.82, 2.24) is 9.78 Å². The fourth-order valence-electron chi connectivity index (χ4n) is 2.33. The molecule has 0 aliphatic heterocycles. The molecule has 1 aromatic heterocycles. The van der Waals surface area contributed by atoms with E-state index in [0.29, 0.717) is 10.6 Å². The molecule has 3 rings (SSSR count). The molecule has 0 saturated carbocycles. The zero-order valence-electron chi connectivity index (χ0n) is 14.3. The van der Waals surface area contributed by atoms with Crippen LogP contribution in [-0.2, 0) is 11.3 Å². The van der Waals surface area contributed by atoms with E-state index in [1.807, 2.05) is 31.2 Å². The summed E-state index contributed by atoms with van der Waals surface area (Å²) < 4.78 is 2.24. The highest BCUT2D eigenvalue weighted by Gasteiger charge is 2.13. The topological polar surface area (TPSA) is 90.1 Å². The molecule has 0 fully saturated rings. The fourth-order valence-corrected chi connectivity index (χ4v) is 3.57. The Hall–Kier alpha value is -2.65. The highest BCUT2D eigenvalue weighted by molar-refractivity contribution is 9.10. The molecule has 0 saturated heterocycles. The molecule has 0 atom stereocenters. The van der Waals surface area contributed by atoms with Crippen molar-refractivity contribution in [2.24, 2.45) is 0 Å². The van der Waals surface area contributed by atoms with Crippen LogP contribution in [0.15, 0.2) is 69.1 Å². The summed E-state index contributed by atoms with van der Waals surface area (Å²) in [6.45, 7) is 2.00. The maximum Gasteiger partial charge on any atom is 0.272 e. The molecule has 0 radical (unpaired) electrons. The number of hydrogen-bond acceptors (Lipinski definition) is 5. The van der Waals surface area contributed by atoms with E-state index in [1.54, 1.807) is 18.5 Å². The number of carbonyl (C=O) groups excluding carboxylic acids is 1. The number of aromatic nitrogens is 2. The molecule has 1 heterocycles. The van der Waals surface area contributed by atoms with Crippen molar-refractivity contribution in [3.8, 4) is 0 Å². The van der Waals surface area contributed by atoms with Crippen LogP contribution in [0.1, 0.15) is 5.56 Å². The van der Waals surface area contributed by atoms with Crippen molar-refractivity contribution in [2.45, 2.75) is 23.3 Å². The maximum absolute atomic E-state index is 12.2. The van der Waals surface area contributed by atoms with Crippen molar-refractivity contribution < 1.29 is 9.72 Å². The zero-order chi connectivity index (χ0) is 19.4. The summed E-state index contributed by atoms with van der Waals surface area (Å²) in [6.07, 6.45) is 3.25. The third kappa shape index (κ3) is 5.41. The molecule has 1 amide bonds. The van der Waals surface area contributed by atoms with Crippen LogP contribution in [0.4, 0.5) is 11.4 Å². The number of nitro benzene ring substituents is 1. The Balaban J connectivity index is 1.79. The van der Waals surface area contributed by atoms with Crippen molar-refractivity contribution in [2.75, 3.05) is 5.32 Å². The molecule has 0 unspecified atom stereocenters. The van der Waals surface area contributed by atoms with Gasteiger partial charge in [0.25, 0.3) is 5.69 Å². The van der Waals surface area contributed by atoms with Crippen LogP contribution in [0.2, 0.25) is 0 Å². The van der Waals surface area contributed by atoms with Crippen LogP contribution in [-0.4, -0.2) is 20.6 Å². The van der Waals surface area contributed by atoms with Gasteiger partial charge in [-0.2, -0.15) is 5.10 Å². The van der Waals surface area contributed by atoms with Crippen LogP contribution >= 0.6 is 27.7 Å². The van der Waals surface area contributed by atoms with Gasteiger partial charge in [-0.15, -0.1) is 0 Å². The third-order valence-electron chi connectivity index (χ3n) is 3.55. The number of amides is 1. The van der Waals surface area contributed by atoms with Crippen molar-refractivity contribution in [1.29, 1.82) is 0 Å². The molecule has 3 aromatic rings. The lowest BCUT2D eigenvalue weighted by Crippen LogP contribution is -2.19. The predicted octanol–water partition coefficient (Wildman–Crippen LogP) is 4.65. The standard InChI is InChI=1S/C18H15BrN4O3S/c1-12-2-4-16(5-3-12)27-17-7-14(6-15(8-17)23(25)26)21-18(24)11-22-10-13(19)9-20-22/h2-10H,11H2,1H3,(H,21,24). The Morgan fingerprint density at radius 1 is 1.26 bits per heavy atom. The normalized spacial score (nSPS) is 10.6. The number of rotatable bonds is 6. The van der Waals surface area contributed by atoms with E-state index in [9.17, 15) is 14.9 Å². The van der Waals surface area contributed by atoms with Gasteiger partial charge in [0.15, 0.2) is 0 Å². The van der Waals surface area contributed by atoms with E-state index in [1.165, 1.54) is 28.6 Å². The smallest absolute Gasteiger partial charge is 0.272 e. The Kier molecular flexibility index (Phi) is 5.92. The molecule has 0 spiro atoms. The van der Waals surface area contributed by atoms with Gasteiger partial charge in [-0.05, 0) is 41.1 Å². The minimum Gasteiger partial charge on any atom is -0.324 e. The van der Waals surface area contributed by atoms with E-state index < -0.39 is 4.92 Å². The van der Waals surface area contributed by atoms with Gasteiger partial charge < -0.3 is 5.32 Å². The summed E-state index contributed by atoms with van der Waals surface area (Å²) in [5.41, 5.74) is 1.43. The second-order valence-electron chi connectivity index (χ2n) is 5.79. The van der Waals surface area contributed by atoms with Crippen LogP contribution in [0.3, 0.4) is 0 Å². The van der Waals surface area contributed by atoms with E-state index in [0.717, 1.165) is 14.9 Å². The second-order valence-corrected chi connectivity index (χ2v) is 7.85. The summed E-state index contributed by atoms with van der Waals surface area (Å²) in [4.78, 5) is 24.6. The number of carbonyl (C=O) groups is 1. The van der Waals surface area contributed by atoms with E-state index >= 15 is 0 Å². The molecular formula is C18H15BrN4O3S. The van der Waals surface area contributed by atoms with Crippen LogP contribution < -0.4 is 5.32 Å². The lowest BCUT2D eigenvalue weighted by molar-refractivity contribution is -0.385. The van der Waals surface area contributed by atoms with Crippen molar-refractivity contribution >= 4 is 45.0 Å². The molecular weight excluding hydrogens is 432 g/mol. The largest absolute Gasteiger partial charge is 0.324 e. The average molecular weight is 447 g/mol. The number of nitro groups is 1. The number of benzene rings is 2. The number of aryl methyl sites for hydroxylation is 1. The van der Waals surface area contributed by atoms with E-state index in [4.69, 9.17) is 0 Å². The summed E-state index contributed by atoms with van der Waals surface area (Å²) in [7, 11) is 0. The first-order valence-electron chi connectivity index (χ1n) is 7.91. The summed E-state index contributed by atoms with van der Waals surface area (Å²) >= 11 is 4.66. The van der Waals surface area contributed by atoms with Crippen LogP contribution in [0.25, 0.3) is 0 Å². The number of nitrogens with zero attached hydrogens (tertiary/aromatic N) is 3. The lowest BCUT2D eigenvalue weighted by Gasteiger charge is -2.08. The molecule has 0 aliphatic rings. The number of non-ortho nitro benzene ring substituents is 1. The first-order chi connectivity index (χ1) is 12.9. The summed E-state index contributed by atoms with van der Waals surface area (Å²) in [6, 6.07) is 12.4.